The normalized spacial score (nSPS) is 11.7. The summed E-state index contributed by atoms with van der Waals surface area (Å²) in [5.41, 5.74) is 4.58. The van der Waals surface area contributed by atoms with Gasteiger partial charge in [-0.25, -0.2) is 0 Å². The van der Waals surface area contributed by atoms with E-state index in [1.54, 1.807) is 50.4 Å². The Morgan fingerprint density at radius 3 is 2.27 bits per heavy atom. The van der Waals surface area contributed by atoms with Gasteiger partial charge >= 0.3 is 6.18 Å². The number of carbonyl (C=O) groups excluding carboxylic acids is 1. The van der Waals surface area contributed by atoms with E-state index in [0.29, 0.717) is 40.6 Å². The standard InChI is InChI=1S/C29H29F3N4O5/c1-5-39-35-28(21-10-14-24(15-11-21)41-25-16-12-23(13-17-25)29(30,31)32)20(2)34-40-19-22-8-6-7-9-26(22)36(3)27(37)18-33-38-4/h6-18,34H,2,5,19H2,1,3-4H3. The molecule has 0 saturated carbocycles. The maximum Gasteiger partial charge on any atom is 0.416 e. The number of ether oxygens (including phenoxy) is 1. The van der Waals surface area contributed by atoms with Crippen molar-refractivity contribution < 1.29 is 37.2 Å². The summed E-state index contributed by atoms with van der Waals surface area (Å²) in [5.74, 6) is 0.283. The highest BCUT2D eigenvalue weighted by atomic mass is 19.4. The van der Waals surface area contributed by atoms with Gasteiger partial charge in [-0.2, -0.15) is 13.2 Å². The van der Waals surface area contributed by atoms with E-state index in [1.165, 1.54) is 24.1 Å². The van der Waals surface area contributed by atoms with Crippen LogP contribution in [0.1, 0.15) is 23.6 Å². The van der Waals surface area contributed by atoms with Crippen LogP contribution >= 0.6 is 0 Å². The maximum atomic E-state index is 12.8. The molecule has 1 N–H and O–H groups in total. The topological polar surface area (TPSA) is 94.0 Å². The highest BCUT2D eigenvalue weighted by Crippen LogP contribution is 2.31. The molecule has 0 fully saturated rings. The summed E-state index contributed by atoms with van der Waals surface area (Å²) in [4.78, 5) is 29.2. The number of nitrogens with zero attached hydrogens (tertiary/aromatic N) is 3. The van der Waals surface area contributed by atoms with Crippen molar-refractivity contribution in [3.8, 4) is 11.5 Å². The number of nitrogens with one attached hydrogen (secondary N) is 1. The van der Waals surface area contributed by atoms with E-state index < -0.39 is 11.7 Å². The monoisotopic (exact) mass is 570 g/mol. The van der Waals surface area contributed by atoms with Crippen LogP contribution in [0, 0.1) is 0 Å². The first-order valence-corrected chi connectivity index (χ1v) is 12.3. The molecule has 0 aromatic heterocycles. The molecule has 0 radical (unpaired) electrons. The van der Waals surface area contributed by atoms with Gasteiger partial charge in [0.15, 0.2) is 0 Å². The number of halogens is 3. The smallest absolute Gasteiger partial charge is 0.416 e. The number of alkyl halides is 3. The van der Waals surface area contributed by atoms with Crippen LogP contribution in [0.3, 0.4) is 0 Å². The Balaban J connectivity index is 1.66. The van der Waals surface area contributed by atoms with Gasteiger partial charge in [0.25, 0.3) is 5.91 Å². The van der Waals surface area contributed by atoms with Crippen molar-refractivity contribution in [2.45, 2.75) is 19.7 Å². The molecule has 0 spiro atoms. The molecule has 12 heteroatoms. The fourth-order valence-electron chi connectivity index (χ4n) is 3.45. The lowest BCUT2D eigenvalue weighted by Gasteiger charge is -2.19. The van der Waals surface area contributed by atoms with Gasteiger partial charge in [-0.3, -0.25) is 15.1 Å². The SMILES string of the molecule is C=C(NOCc1ccccc1N(C)C(=O)C=NOC)C(=NOCC)c1ccc(Oc2ccc(C(F)(F)F)cc2)cc1. The zero-order chi connectivity index (χ0) is 29.8. The third-order valence-electron chi connectivity index (χ3n) is 5.49. The van der Waals surface area contributed by atoms with Gasteiger partial charge in [-0.1, -0.05) is 35.1 Å². The Bertz CT molecular complexity index is 1370. The van der Waals surface area contributed by atoms with E-state index in [-0.39, 0.29) is 18.3 Å². The Kier molecular flexibility index (Phi) is 10.9. The summed E-state index contributed by atoms with van der Waals surface area (Å²) in [6.45, 7) is 6.16. The van der Waals surface area contributed by atoms with Gasteiger partial charge in [0.2, 0.25) is 0 Å². The lowest BCUT2D eigenvalue weighted by molar-refractivity contribution is -0.137. The first kappa shape index (κ1) is 30.7. The summed E-state index contributed by atoms with van der Waals surface area (Å²) in [6, 6.07) is 18.3. The number of hydrogen-bond donors (Lipinski definition) is 1. The molecule has 0 aliphatic heterocycles. The molecule has 216 valence electrons. The predicted molar refractivity (Wildman–Crippen MR) is 149 cm³/mol. The van der Waals surface area contributed by atoms with Crippen LogP contribution in [0.5, 0.6) is 11.5 Å². The number of para-hydroxylation sites is 1. The fourth-order valence-corrected chi connectivity index (χ4v) is 3.45. The minimum absolute atomic E-state index is 0.0794. The van der Waals surface area contributed by atoms with Crippen molar-refractivity contribution in [3.05, 3.63) is 102 Å². The average Bonchev–Trinajstić information content (AvgIpc) is 2.96. The summed E-state index contributed by atoms with van der Waals surface area (Å²) < 4.78 is 44.0. The quantitative estimate of drug-likeness (QED) is 0.198. The minimum atomic E-state index is -4.42. The van der Waals surface area contributed by atoms with Crippen LogP contribution in [0.15, 0.2) is 95.4 Å². The number of rotatable bonds is 13. The molecule has 0 aliphatic rings. The molecule has 3 aromatic carbocycles. The van der Waals surface area contributed by atoms with Crippen molar-refractivity contribution in [1.82, 2.24) is 5.48 Å². The van der Waals surface area contributed by atoms with Crippen LogP contribution in [-0.4, -0.2) is 38.6 Å². The Morgan fingerprint density at radius 1 is 1.02 bits per heavy atom. The lowest BCUT2D eigenvalue weighted by Crippen LogP contribution is -2.28. The highest BCUT2D eigenvalue weighted by Gasteiger charge is 2.30. The molecule has 0 heterocycles. The lowest BCUT2D eigenvalue weighted by atomic mass is 10.1. The largest absolute Gasteiger partial charge is 0.457 e. The number of oxime groups is 2. The number of amides is 1. The third kappa shape index (κ3) is 8.83. The van der Waals surface area contributed by atoms with Gasteiger partial charge < -0.3 is 19.3 Å². The molecular formula is C29H29F3N4O5. The van der Waals surface area contributed by atoms with Gasteiger partial charge in [0.1, 0.15) is 43.7 Å². The Hall–Kier alpha value is -4.84. The first-order chi connectivity index (χ1) is 19.6. The molecule has 3 rings (SSSR count). The summed E-state index contributed by atoms with van der Waals surface area (Å²) in [5, 5.41) is 7.63. The van der Waals surface area contributed by atoms with Crippen molar-refractivity contribution >= 4 is 23.5 Å². The second kappa shape index (κ2) is 14.5. The van der Waals surface area contributed by atoms with Gasteiger partial charge in [-0.15, -0.1) is 0 Å². The van der Waals surface area contributed by atoms with E-state index in [4.69, 9.17) is 14.4 Å². The van der Waals surface area contributed by atoms with Crippen molar-refractivity contribution in [1.29, 1.82) is 0 Å². The minimum Gasteiger partial charge on any atom is -0.457 e. The fraction of sp³-hybridized carbons (Fsp3) is 0.207. The van der Waals surface area contributed by atoms with Crippen molar-refractivity contribution in [2.24, 2.45) is 10.3 Å². The Morgan fingerprint density at radius 2 is 1.66 bits per heavy atom. The summed E-state index contributed by atoms with van der Waals surface area (Å²) in [6.07, 6.45) is -3.36. The van der Waals surface area contributed by atoms with E-state index >= 15 is 0 Å². The van der Waals surface area contributed by atoms with E-state index in [2.05, 4.69) is 27.2 Å². The number of benzene rings is 3. The molecule has 3 aromatic rings. The molecule has 0 atom stereocenters. The number of anilines is 1. The molecule has 1 amide bonds. The number of allylic oxidation sites excluding steroid dienone is 1. The average molecular weight is 571 g/mol. The van der Waals surface area contributed by atoms with Crippen LogP contribution in [0.4, 0.5) is 18.9 Å². The highest BCUT2D eigenvalue weighted by molar-refractivity contribution is 6.32. The second-order valence-electron chi connectivity index (χ2n) is 8.32. The molecule has 0 unspecified atom stereocenters. The molecule has 41 heavy (non-hydrogen) atoms. The van der Waals surface area contributed by atoms with Crippen molar-refractivity contribution in [3.63, 3.8) is 0 Å². The van der Waals surface area contributed by atoms with Crippen molar-refractivity contribution in [2.75, 3.05) is 25.7 Å². The van der Waals surface area contributed by atoms with Crippen LogP contribution in [-0.2, 0) is 32.1 Å². The number of carbonyl (C=O) groups is 1. The summed E-state index contributed by atoms with van der Waals surface area (Å²) >= 11 is 0. The molecule has 0 saturated heterocycles. The molecule has 0 bridgehead atoms. The molecule has 9 nitrogen and oxygen atoms in total. The first-order valence-electron chi connectivity index (χ1n) is 12.3. The van der Waals surface area contributed by atoms with Crippen LogP contribution in [0.2, 0.25) is 0 Å². The van der Waals surface area contributed by atoms with Gasteiger partial charge in [-0.05, 0) is 61.5 Å². The molecule has 0 aliphatic carbocycles. The van der Waals surface area contributed by atoms with E-state index in [0.717, 1.165) is 18.3 Å². The predicted octanol–water partition coefficient (Wildman–Crippen LogP) is 6.07. The van der Waals surface area contributed by atoms with E-state index in [9.17, 15) is 18.0 Å². The van der Waals surface area contributed by atoms with Crippen LogP contribution in [0.25, 0.3) is 0 Å². The van der Waals surface area contributed by atoms with Gasteiger partial charge in [0, 0.05) is 23.9 Å². The molecular weight excluding hydrogens is 541 g/mol. The van der Waals surface area contributed by atoms with E-state index in [1.807, 2.05) is 12.1 Å². The van der Waals surface area contributed by atoms with Crippen LogP contribution < -0.4 is 15.1 Å². The number of hydroxylamine groups is 1. The number of hydrogen-bond acceptors (Lipinski definition) is 8. The maximum absolute atomic E-state index is 12.8. The van der Waals surface area contributed by atoms with Gasteiger partial charge in [0.05, 0.1) is 11.3 Å². The third-order valence-corrected chi connectivity index (χ3v) is 5.49. The Labute approximate surface area is 235 Å². The zero-order valence-electron chi connectivity index (χ0n) is 22.6. The second-order valence-corrected chi connectivity index (χ2v) is 8.32. The summed E-state index contributed by atoms with van der Waals surface area (Å²) in [7, 11) is 2.95. The zero-order valence-corrected chi connectivity index (χ0v) is 22.6.